The number of nitrogens with zero attached hydrogens (tertiary/aromatic N) is 1. The van der Waals surface area contributed by atoms with Crippen molar-refractivity contribution < 1.29 is 0 Å². The summed E-state index contributed by atoms with van der Waals surface area (Å²) in [6.07, 6.45) is 1.86. The SMILES string of the molecule is CC(C)[C@@H](C)N[C@H](C)c1nccs1. The van der Waals surface area contributed by atoms with Crippen LogP contribution in [0.15, 0.2) is 11.6 Å². The van der Waals surface area contributed by atoms with Crippen molar-refractivity contribution in [2.75, 3.05) is 0 Å². The molecule has 0 bridgehead atoms. The van der Waals surface area contributed by atoms with Gasteiger partial charge in [0.05, 0.1) is 6.04 Å². The number of rotatable bonds is 4. The predicted octanol–water partition coefficient (Wildman–Crippen LogP) is 2.84. The maximum atomic E-state index is 4.28. The van der Waals surface area contributed by atoms with E-state index in [0.717, 1.165) is 0 Å². The Balaban J connectivity index is 2.46. The number of hydrogen-bond acceptors (Lipinski definition) is 3. The Hall–Kier alpha value is -0.410. The summed E-state index contributed by atoms with van der Waals surface area (Å²) >= 11 is 1.71. The monoisotopic (exact) mass is 198 g/mol. The van der Waals surface area contributed by atoms with E-state index in [2.05, 4.69) is 38.0 Å². The van der Waals surface area contributed by atoms with Crippen molar-refractivity contribution in [1.82, 2.24) is 10.3 Å². The van der Waals surface area contributed by atoms with E-state index >= 15 is 0 Å². The topological polar surface area (TPSA) is 24.9 Å². The largest absolute Gasteiger partial charge is 0.305 e. The van der Waals surface area contributed by atoms with Gasteiger partial charge in [0.2, 0.25) is 0 Å². The van der Waals surface area contributed by atoms with Crippen LogP contribution in [-0.4, -0.2) is 11.0 Å². The van der Waals surface area contributed by atoms with Gasteiger partial charge < -0.3 is 5.32 Å². The van der Waals surface area contributed by atoms with Crippen LogP contribution < -0.4 is 5.32 Å². The van der Waals surface area contributed by atoms with Gasteiger partial charge in [0.25, 0.3) is 0 Å². The van der Waals surface area contributed by atoms with Crippen LogP contribution in [0.25, 0.3) is 0 Å². The Bertz CT molecular complexity index is 231. The summed E-state index contributed by atoms with van der Waals surface area (Å²) in [5.74, 6) is 0.669. The van der Waals surface area contributed by atoms with Gasteiger partial charge in [0.1, 0.15) is 5.01 Å². The Morgan fingerprint density at radius 1 is 1.31 bits per heavy atom. The lowest BCUT2D eigenvalue weighted by Crippen LogP contribution is -2.32. The van der Waals surface area contributed by atoms with Crippen LogP contribution in [0.2, 0.25) is 0 Å². The van der Waals surface area contributed by atoms with E-state index in [1.165, 1.54) is 5.01 Å². The molecule has 0 aliphatic heterocycles. The van der Waals surface area contributed by atoms with Gasteiger partial charge in [0.15, 0.2) is 0 Å². The normalized spacial score (nSPS) is 16.1. The van der Waals surface area contributed by atoms with Gasteiger partial charge in [-0.3, -0.25) is 0 Å². The molecule has 0 fully saturated rings. The molecule has 1 aromatic rings. The van der Waals surface area contributed by atoms with Crippen LogP contribution in [0.4, 0.5) is 0 Å². The van der Waals surface area contributed by atoms with Gasteiger partial charge in [-0.1, -0.05) is 13.8 Å². The maximum absolute atomic E-state index is 4.28. The van der Waals surface area contributed by atoms with Gasteiger partial charge in [-0.15, -0.1) is 11.3 Å². The Kier molecular flexibility index (Phi) is 3.88. The second-order valence-electron chi connectivity index (χ2n) is 3.79. The molecule has 0 aliphatic rings. The minimum atomic E-state index is 0.373. The van der Waals surface area contributed by atoms with Crippen molar-refractivity contribution in [3.8, 4) is 0 Å². The summed E-state index contributed by atoms with van der Waals surface area (Å²) in [6, 6.07) is 0.913. The van der Waals surface area contributed by atoms with Crippen LogP contribution in [0.3, 0.4) is 0 Å². The number of aromatic nitrogens is 1. The molecule has 0 saturated carbocycles. The molecule has 3 heteroatoms. The molecule has 0 amide bonds. The van der Waals surface area contributed by atoms with Gasteiger partial charge >= 0.3 is 0 Å². The highest BCUT2D eigenvalue weighted by Crippen LogP contribution is 2.16. The zero-order valence-corrected chi connectivity index (χ0v) is 9.56. The fourth-order valence-electron chi connectivity index (χ4n) is 1.11. The van der Waals surface area contributed by atoms with Crippen molar-refractivity contribution >= 4 is 11.3 Å². The summed E-state index contributed by atoms with van der Waals surface area (Å²) in [6.45, 7) is 8.84. The molecule has 0 radical (unpaired) electrons. The van der Waals surface area contributed by atoms with E-state index in [1.807, 2.05) is 11.6 Å². The van der Waals surface area contributed by atoms with E-state index < -0.39 is 0 Å². The van der Waals surface area contributed by atoms with Crippen LogP contribution in [0.5, 0.6) is 0 Å². The summed E-state index contributed by atoms with van der Waals surface area (Å²) < 4.78 is 0. The van der Waals surface area contributed by atoms with Crippen LogP contribution >= 0.6 is 11.3 Å². The third-order valence-electron chi connectivity index (χ3n) is 2.33. The summed E-state index contributed by atoms with van der Waals surface area (Å²) in [7, 11) is 0. The molecule has 0 aliphatic carbocycles. The lowest BCUT2D eigenvalue weighted by Gasteiger charge is -2.21. The molecule has 13 heavy (non-hydrogen) atoms. The molecule has 2 nitrogen and oxygen atoms in total. The van der Waals surface area contributed by atoms with E-state index in [0.29, 0.717) is 18.0 Å². The molecule has 0 spiro atoms. The standard InChI is InChI=1S/C10H18N2S/c1-7(2)8(3)12-9(4)10-11-5-6-13-10/h5-9,12H,1-4H3/t8-,9-/m1/s1. The zero-order valence-electron chi connectivity index (χ0n) is 8.74. The molecule has 2 atom stereocenters. The lowest BCUT2D eigenvalue weighted by molar-refractivity contribution is 0.388. The molecule has 1 rings (SSSR count). The molecule has 1 aromatic heterocycles. The first kappa shape index (κ1) is 10.7. The predicted molar refractivity (Wildman–Crippen MR) is 58.0 cm³/mol. The zero-order chi connectivity index (χ0) is 9.84. The van der Waals surface area contributed by atoms with Gasteiger partial charge in [-0.05, 0) is 19.8 Å². The fourth-order valence-corrected chi connectivity index (χ4v) is 1.76. The second-order valence-corrected chi connectivity index (χ2v) is 4.72. The van der Waals surface area contributed by atoms with E-state index in [4.69, 9.17) is 0 Å². The number of nitrogens with one attached hydrogen (secondary N) is 1. The average molecular weight is 198 g/mol. The van der Waals surface area contributed by atoms with E-state index in [9.17, 15) is 0 Å². The van der Waals surface area contributed by atoms with Crippen molar-refractivity contribution in [2.45, 2.75) is 39.8 Å². The van der Waals surface area contributed by atoms with Gasteiger partial charge in [-0.25, -0.2) is 4.98 Å². The quantitative estimate of drug-likeness (QED) is 0.804. The third-order valence-corrected chi connectivity index (χ3v) is 3.29. The molecule has 1 heterocycles. The van der Waals surface area contributed by atoms with E-state index in [1.54, 1.807) is 11.3 Å². The minimum absolute atomic E-state index is 0.373. The molecule has 1 N–H and O–H groups in total. The Morgan fingerprint density at radius 2 is 2.00 bits per heavy atom. The first-order chi connectivity index (χ1) is 6.11. The molecule has 0 unspecified atom stereocenters. The number of thiazole rings is 1. The van der Waals surface area contributed by atoms with Crippen molar-refractivity contribution in [3.05, 3.63) is 16.6 Å². The van der Waals surface area contributed by atoms with Gasteiger partial charge in [-0.2, -0.15) is 0 Å². The summed E-state index contributed by atoms with van der Waals surface area (Å²) in [5.41, 5.74) is 0. The maximum Gasteiger partial charge on any atom is 0.109 e. The third kappa shape index (κ3) is 3.08. The summed E-state index contributed by atoms with van der Waals surface area (Å²) in [5, 5.41) is 6.72. The first-order valence-corrected chi connectivity index (χ1v) is 5.64. The van der Waals surface area contributed by atoms with Crippen LogP contribution in [0, 0.1) is 5.92 Å². The summed E-state index contributed by atoms with van der Waals surface area (Å²) in [4.78, 5) is 4.28. The first-order valence-electron chi connectivity index (χ1n) is 4.76. The smallest absolute Gasteiger partial charge is 0.109 e. The molecule has 0 saturated heterocycles. The molecular formula is C10H18N2S. The fraction of sp³-hybridized carbons (Fsp3) is 0.700. The van der Waals surface area contributed by atoms with Crippen LogP contribution in [0.1, 0.15) is 38.7 Å². The molecule has 74 valence electrons. The molecule has 0 aromatic carbocycles. The highest BCUT2D eigenvalue weighted by atomic mass is 32.1. The molecular weight excluding hydrogens is 180 g/mol. The highest BCUT2D eigenvalue weighted by Gasteiger charge is 2.13. The second kappa shape index (κ2) is 4.72. The van der Waals surface area contributed by atoms with Crippen molar-refractivity contribution in [2.24, 2.45) is 5.92 Å². The number of hydrogen-bond donors (Lipinski definition) is 1. The minimum Gasteiger partial charge on any atom is -0.305 e. The lowest BCUT2D eigenvalue weighted by atomic mass is 10.1. The Morgan fingerprint density at radius 3 is 2.46 bits per heavy atom. The van der Waals surface area contributed by atoms with Crippen molar-refractivity contribution in [1.29, 1.82) is 0 Å². The van der Waals surface area contributed by atoms with Crippen molar-refractivity contribution in [3.63, 3.8) is 0 Å². The van der Waals surface area contributed by atoms with E-state index in [-0.39, 0.29) is 0 Å². The average Bonchev–Trinajstić information content (AvgIpc) is 2.55. The van der Waals surface area contributed by atoms with Gasteiger partial charge in [0, 0.05) is 17.6 Å². The van der Waals surface area contributed by atoms with Crippen LogP contribution in [-0.2, 0) is 0 Å². The highest BCUT2D eigenvalue weighted by molar-refractivity contribution is 7.09. The Labute approximate surface area is 84.4 Å².